The van der Waals surface area contributed by atoms with Crippen LogP contribution in [0, 0.1) is 17.8 Å². The summed E-state index contributed by atoms with van der Waals surface area (Å²) in [5, 5.41) is 2.55. The molecular formula is C57H49N. The van der Waals surface area contributed by atoms with Crippen molar-refractivity contribution in [2.75, 3.05) is 4.90 Å². The Morgan fingerprint density at radius 3 is 1.34 bits per heavy atom. The molecule has 0 spiro atoms. The first-order chi connectivity index (χ1) is 28.7. The topological polar surface area (TPSA) is 3.24 Å². The molecule has 0 saturated heterocycles. The van der Waals surface area contributed by atoms with Gasteiger partial charge < -0.3 is 4.90 Å². The monoisotopic (exact) mass is 747 g/mol. The van der Waals surface area contributed by atoms with E-state index in [1.54, 1.807) is 5.56 Å². The summed E-state index contributed by atoms with van der Waals surface area (Å²) in [5.74, 6) is 2.88. The zero-order chi connectivity index (χ0) is 38.5. The number of hydrogen-bond acceptors (Lipinski definition) is 1. The molecule has 8 aromatic carbocycles. The molecule has 3 saturated carbocycles. The fourth-order valence-corrected chi connectivity index (χ4v) is 11.2. The van der Waals surface area contributed by atoms with Gasteiger partial charge in [-0.25, -0.2) is 0 Å². The number of nitrogens with zero attached hydrogens (tertiary/aromatic N) is 1. The van der Waals surface area contributed by atoms with E-state index >= 15 is 0 Å². The molecule has 4 atom stereocenters. The predicted octanol–water partition coefficient (Wildman–Crippen LogP) is 15.8. The Morgan fingerprint density at radius 1 is 0.379 bits per heavy atom. The van der Waals surface area contributed by atoms with E-state index in [1.165, 1.54) is 100 Å². The van der Waals surface area contributed by atoms with Gasteiger partial charge in [-0.1, -0.05) is 152 Å². The van der Waals surface area contributed by atoms with Crippen LogP contribution in [0.2, 0.25) is 0 Å². The minimum atomic E-state index is 0.390. The zero-order valence-corrected chi connectivity index (χ0v) is 33.1. The summed E-state index contributed by atoms with van der Waals surface area (Å²) in [6.45, 7) is 0. The Bertz CT molecular complexity index is 2590. The summed E-state index contributed by atoms with van der Waals surface area (Å²) >= 11 is 0. The second kappa shape index (κ2) is 14.6. The van der Waals surface area contributed by atoms with Crippen molar-refractivity contribution in [1.82, 2.24) is 0 Å². The molecular weight excluding hydrogens is 699 g/mol. The molecule has 11 rings (SSSR count). The highest BCUT2D eigenvalue weighted by atomic mass is 15.1. The van der Waals surface area contributed by atoms with Crippen LogP contribution >= 0.6 is 0 Å². The van der Waals surface area contributed by atoms with Gasteiger partial charge in [0.25, 0.3) is 0 Å². The van der Waals surface area contributed by atoms with Gasteiger partial charge in [-0.15, -0.1) is 0 Å². The summed E-state index contributed by atoms with van der Waals surface area (Å²) < 4.78 is 0. The first kappa shape index (κ1) is 35.0. The fraction of sp³-hybridized carbons (Fsp3) is 0.193. The van der Waals surface area contributed by atoms with Gasteiger partial charge in [-0.2, -0.15) is 0 Å². The molecule has 58 heavy (non-hydrogen) atoms. The van der Waals surface area contributed by atoms with E-state index in [0.717, 1.165) is 34.8 Å². The second-order valence-corrected chi connectivity index (χ2v) is 17.5. The highest BCUT2D eigenvalue weighted by molar-refractivity contribution is 5.97. The van der Waals surface area contributed by atoms with E-state index < -0.39 is 0 Å². The number of fused-ring (bicyclic) bond motifs is 3. The molecule has 0 heterocycles. The van der Waals surface area contributed by atoms with E-state index in [4.69, 9.17) is 0 Å². The van der Waals surface area contributed by atoms with Crippen LogP contribution < -0.4 is 4.90 Å². The van der Waals surface area contributed by atoms with Crippen LogP contribution in [0.15, 0.2) is 194 Å². The van der Waals surface area contributed by atoms with E-state index in [2.05, 4.69) is 199 Å². The van der Waals surface area contributed by atoms with Crippen molar-refractivity contribution in [2.24, 2.45) is 17.8 Å². The molecule has 0 amide bonds. The standard InChI is InChI=1S/C57H49N/c1-3-9-41(10-4-1)43-19-27-52(28-20-43)58(53-29-21-44(22-30-53)42-11-5-2-6-12-42)54-31-23-47(24-32-54)56-37-49-14-8-7-13-48(49)36-55(56)46-17-25-51(26-18-46)57-34-33-45-16-15-40(38-57)35-50(45)39-57/h1-14,17-32,36-37,40,45,50H,15-16,33-35,38-39H2. The number of hydrogen-bond donors (Lipinski definition) is 0. The summed E-state index contributed by atoms with van der Waals surface area (Å²) in [6, 6.07) is 71.9. The summed E-state index contributed by atoms with van der Waals surface area (Å²) in [5.41, 5.74) is 15.3. The molecule has 3 bridgehead atoms. The number of anilines is 3. The first-order valence-electron chi connectivity index (χ1n) is 21.5. The molecule has 0 aromatic heterocycles. The van der Waals surface area contributed by atoms with Crippen LogP contribution in [0.1, 0.15) is 50.5 Å². The molecule has 0 radical (unpaired) electrons. The van der Waals surface area contributed by atoms with Crippen molar-refractivity contribution in [1.29, 1.82) is 0 Å². The molecule has 3 fully saturated rings. The van der Waals surface area contributed by atoms with E-state index in [0.29, 0.717) is 5.41 Å². The van der Waals surface area contributed by atoms with Crippen LogP contribution in [0.4, 0.5) is 17.1 Å². The van der Waals surface area contributed by atoms with Crippen molar-refractivity contribution in [3.8, 4) is 44.5 Å². The lowest BCUT2D eigenvalue weighted by molar-refractivity contribution is 0.00964. The largest absolute Gasteiger partial charge is 0.311 e. The molecule has 1 heteroatoms. The Hall–Kier alpha value is -6.18. The van der Waals surface area contributed by atoms with Crippen LogP contribution in [0.5, 0.6) is 0 Å². The van der Waals surface area contributed by atoms with Crippen molar-refractivity contribution < 1.29 is 0 Å². The molecule has 0 aliphatic heterocycles. The lowest BCUT2D eigenvalue weighted by atomic mass is 9.50. The Morgan fingerprint density at radius 2 is 0.828 bits per heavy atom. The molecule has 3 aliphatic rings. The van der Waals surface area contributed by atoms with E-state index in [1.807, 2.05) is 0 Å². The molecule has 0 N–H and O–H groups in total. The van der Waals surface area contributed by atoms with Crippen LogP contribution in [0.25, 0.3) is 55.3 Å². The van der Waals surface area contributed by atoms with Gasteiger partial charge in [-0.05, 0) is 171 Å². The van der Waals surface area contributed by atoms with Gasteiger partial charge in [0.1, 0.15) is 0 Å². The Balaban J connectivity index is 0.957. The van der Waals surface area contributed by atoms with Crippen molar-refractivity contribution >= 4 is 27.8 Å². The average molecular weight is 748 g/mol. The normalized spacial score (nSPS) is 20.9. The predicted molar refractivity (Wildman–Crippen MR) is 245 cm³/mol. The lowest BCUT2D eigenvalue weighted by Gasteiger charge is -2.55. The highest BCUT2D eigenvalue weighted by Crippen LogP contribution is 2.59. The quantitative estimate of drug-likeness (QED) is 0.150. The summed E-state index contributed by atoms with van der Waals surface area (Å²) in [7, 11) is 0. The molecule has 1 nitrogen and oxygen atoms in total. The molecule has 8 aromatic rings. The van der Waals surface area contributed by atoms with E-state index in [9.17, 15) is 0 Å². The Labute approximate surface area is 343 Å². The summed E-state index contributed by atoms with van der Waals surface area (Å²) in [6.07, 6.45) is 10.0. The molecule has 282 valence electrons. The van der Waals surface area contributed by atoms with Crippen molar-refractivity contribution in [2.45, 2.75) is 50.4 Å². The van der Waals surface area contributed by atoms with Gasteiger partial charge in [0.05, 0.1) is 0 Å². The minimum absolute atomic E-state index is 0.390. The maximum absolute atomic E-state index is 2.50. The minimum Gasteiger partial charge on any atom is -0.311 e. The van der Waals surface area contributed by atoms with E-state index in [-0.39, 0.29) is 0 Å². The van der Waals surface area contributed by atoms with Gasteiger partial charge in [-0.3, -0.25) is 0 Å². The number of rotatable bonds is 8. The van der Waals surface area contributed by atoms with Crippen molar-refractivity contribution in [3.63, 3.8) is 0 Å². The molecule has 3 aliphatic carbocycles. The SMILES string of the molecule is c1ccc(-c2ccc(N(c3ccc(-c4ccccc4)cc3)c3ccc(-c4cc5ccccc5cc4-c4ccc(C56CCC7CCC(CC7C5)C6)cc4)cc3)cc2)cc1. The van der Waals surface area contributed by atoms with Crippen LogP contribution in [-0.2, 0) is 5.41 Å². The lowest BCUT2D eigenvalue weighted by Crippen LogP contribution is -2.46. The third kappa shape index (κ3) is 6.44. The maximum atomic E-state index is 2.50. The average Bonchev–Trinajstić information content (AvgIpc) is 3.29. The van der Waals surface area contributed by atoms with Gasteiger partial charge >= 0.3 is 0 Å². The fourth-order valence-electron chi connectivity index (χ4n) is 11.2. The van der Waals surface area contributed by atoms with Gasteiger partial charge in [0.2, 0.25) is 0 Å². The zero-order valence-electron chi connectivity index (χ0n) is 33.1. The summed E-state index contributed by atoms with van der Waals surface area (Å²) in [4.78, 5) is 2.37. The smallest absolute Gasteiger partial charge is 0.0462 e. The van der Waals surface area contributed by atoms with Crippen LogP contribution in [0.3, 0.4) is 0 Å². The van der Waals surface area contributed by atoms with Crippen LogP contribution in [-0.4, -0.2) is 0 Å². The highest BCUT2D eigenvalue weighted by Gasteiger charge is 2.49. The molecule has 4 unspecified atom stereocenters. The Kier molecular flexibility index (Phi) is 8.84. The van der Waals surface area contributed by atoms with Gasteiger partial charge in [0, 0.05) is 17.1 Å². The third-order valence-electron chi connectivity index (χ3n) is 14.2. The first-order valence-corrected chi connectivity index (χ1v) is 21.5. The maximum Gasteiger partial charge on any atom is 0.0462 e. The number of benzene rings is 8. The third-order valence-corrected chi connectivity index (χ3v) is 14.2. The van der Waals surface area contributed by atoms with Crippen molar-refractivity contribution in [3.05, 3.63) is 200 Å². The van der Waals surface area contributed by atoms with Gasteiger partial charge in [0.15, 0.2) is 0 Å². The second-order valence-electron chi connectivity index (χ2n) is 17.5.